The Labute approximate surface area is 217 Å². The van der Waals surface area contributed by atoms with Crippen molar-refractivity contribution in [2.24, 2.45) is 0 Å². The van der Waals surface area contributed by atoms with Gasteiger partial charge in [-0.1, -0.05) is 60.7 Å². The van der Waals surface area contributed by atoms with Crippen LogP contribution in [0.3, 0.4) is 0 Å². The number of carbonyl (C=O) groups excluding carboxylic acids is 1. The zero-order valence-corrected chi connectivity index (χ0v) is 20.2. The summed E-state index contributed by atoms with van der Waals surface area (Å²) < 4.78 is 51.0. The molecule has 38 heavy (non-hydrogen) atoms. The van der Waals surface area contributed by atoms with Crippen molar-refractivity contribution in [1.82, 2.24) is 4.90 Å². The quantitative estimate of drug-likeness (QED) is 0.405. The lowest BCUT2D eigenvalue weighted by Crippen LogP contribution is -2.56. The Balaban J connectivity index is 1.23. The molecule has 192 valence electrons. The maximum atomic E-state index is 13.4. The molecule has 3 aromatic rings. The molecule has 0 spiro atoms. The van der Waals surface area contributed by atoms with Gasteiger partial charge in [-0.25, -0.2) is 4.79 Å². The number of nitrogens with zero attached hydrogens (tertiary/aromatic N) is 2. The molecule has 1 amide bonds. The zero-order chi connectivity index (χ0) is 26.4. The molecule has 0 radical (unpaired) electrons. The van der Waals surface area contributed by atoms with E-state index in [1.807, 2.05) is 30.3 Å². The molecule has 6 rings (SSSR count). The predicted octanol–water partition coefficient (Wildman–Crippen LogP) is 6.38. The van der Waals surface area contributed by atoms with Crippen molar-refractivity contribution < 1.29 is 27.4 Å². The van der Waals surface area contributed by atoms with Crippen LogP contribution in [0.25, 0.3) is 16.7 Å². The van der Waals surface area contributed by atoms with Crippen LogP contribution in [0, 0.1) is 11.3 Å². The average Bonchev–Trinajstić information content (AvgIpc) is 3.23. The number of hydrogen-bond acceptors (Lipinski definition) is 4. The van der Waals surface area contributed by atoms with E-state index in [4.69, 9.17) is 9.47 Å². The Morgan fingerprint density at radius 3 is 2.32 bits per heavy atom. The van der Waals surface area contributed by atoms with Crippen molar-refractivity contribution in [2.45, 2.75) is 30.6 Å². The van der Waals surface area contributed by atoms with Crippen molar-refractivity contribution in [2.75, 3.05) is 19.8 Å². The molecule has 1 aliphatic carbocycles. The Hall–Kier alpha value is -4.09. The number of morpholine rings is 1. The number of carbonyl (C=O) groups is 1. The fraction of sp³-hybridized carbons (Fsp3) is 0.267. The first-order chi connectivity index (χ1) is 18.3. The summed E-state index contributed by atoms with van der Waals surface area (Å²) in [6.45, 7) is 0.713. The van der Waals surface area contributed by atoms with Gasteiger partial charge in [-0.2, -0.15) is 18.4 Å². The topological polar surface area (TPSA) is 62.6 Å². The first-order valence-corrected chi connectivity index (χ1v) is 12.4. The fourth-order valence-corrected chi connectivity index (χ4v) is 5.84. The van der Waals surface area contributed by atoms with Crippen LogP contribution in [0.5, 0.6) is 0 Å². The molecule has 5 nitrogen and oxygen atoms in total. The molecule has 0 aromatic heterocycles. The molecule has 2 bridgehead atoms. The van der Waals surface area contributed by atoms with Gasteiger partial charge in [-0.05, 0) is 51.9 Å². The summed E-state index contributed by atoms with van der Waals surface area (Å²) in [6, 6.07) is 20.5. The SMILES string of the molecule is N#Cc1cc(C(F)(F)F)ccc1C1=CC2COCC(C1)N2C(=O)OCC1c2ccccc2-c2ccccc21. The monoisotopic (exact) mass is 516 g/mol. The lowest BCUT2D eigenvalue weighted by Gasteiger charge is -2.44. The number of amides is 1. The van der Waals surface area contributed by atoms with Crippen molar-refractivity contribution in [1.29, 1.82) is 5.26 Å². The van der Waals surface area contributed by atoms with Gasteiger partial charge in [0.25, 0.3) is 0 Å². The van der Waals surface area contributed by atoms with Crippen molar-refractivity contribution in [3.63, 3.8) is 0 Å². The molecule has 2 heterocycles. The van der Waals surface area contributed by atoms with E-state index in [1.54, 1.807) is 11.0 Å². The van der Waals surface area contributed by atoms with Crippen LogP contribution < -0.4 is 0 Å². The summed E-state index contributed by atoms with van der Waals surface area (Å²) in [5.41, 5.74) is 4.81. The van der Waals surface area contributed by atoms with E-state index >= 15 is 0 Å². The number of halogens is 3. The Kier molecular flexibility index (Phi) is 5.96. The summed E-state index contributed by atoms with van der Waals surface area (Å²) >= 11 is 0. The summed E-state index contributed by atoms with van der Waals surface area (Å²) in [6.07, 6.45) is -2.83. The molecule has 2 aliphatic heterocycles. The van der Waals surface area contributed by atoms with Crippen LogP contribution >= 0.6 is 0 Å². The number of nitriles is 1. The van der Waals surface area contributed by atoms with Gasteiger partial charge in [0.2, 0.25) is 0 Å². The van der Waals surface area contributed by atoms with Gasteiger partial charge in [0.05, 0.1) is 42.5 Å². The van der Waals surface area contributed by atoms with Crippen LogP contribution in [0.1, 0.15) is 40.2 Å². The van der Waals surface area contributed by atoms with Crippen LogP contribution in [0.4, 0.5) is 18.0 Å². The molecule has 3 aliphatic rings. The average molecular weight is 517 g/mol. The third kappa shape index (κ3) is 4.13. The first-order valence-electron chi connectivity index (χ1n) is 12.4. The van der Waals surface area contributed by atoms with E-state index in [1.165, 1.54) is 6.07 Å². The second kappa shape index (κ2) is 9.34. The molecular weight excluding hydrogens is 493 g/mol. The molecule has 0 saturated carbocycles. The highest BCUT2D eigenvalue weighted by molar-refractivity contribution is 5.80. The third-order valence-electron chi connectivity index (χ3n) is 7.56. The molecule has 2 atom stereocenters. The predicted molar refractivity (Wildman–Crippen MR) is 134 cm³/mol. The van der Waals surface area contributed by atoms with Gasteiger partial charge in [0.15, 0.2) is 0 Å². The van der Waals surface area contributed by atoms with Gasteiger partial charge in [-0.15, -0.1) is 0 Å². The van der Waals surface area contributed by atoms with Crippen LogP contribution in [0.2, 0.25) is 0 Å². The minimum atomic E-state index is -4.53. The molecule has 2 unspecified atom stereocenters. The molecular formula is C30H23F3N2O3. The van der Waals surface area contributed by atoms with Gasteiger partial charge in [-0.3, -0.25) is 4.90 Å². The first kappa shape index (κ1) is 24.3. The molecule has 3 aromatic carbocycles. The smallest absolute Gasteiger partial charge is 0.416 e. The molecule has 1 fully saturated rings. The molecule has 1 saturated heterocycles. The second-order valence-electron chi connectivity index (χ2n) is 9.74. The highest BCUT2D eigenvalue weighted by Gasteiger charge is 2.40. The summed E-state index contributed by atoms with van der Waals surface area (Å²) in [5, 5.41) is 9.54. The number of rotatable bonds is 3. The summed E-state index contributed by atoms with van der Waals surface area (Å²) in [4.78, 5) is 15.0. The Bertz CT molecular complexity index is 1450. The normalized spacial score (nSPS) is 20.3. The third-order valence-corrected chi connectivity index (χ3v) is 7.56. The lowest BCUT2D eigenvalue weighted by molar-refractivity contribution is -0.137. The van der Waals surface area contributed by atoms with E-state index in [0.29, 0.717) is 12.0 Å². The van der Waals surface area contributed by atoms with E-state index in [9.17, 15) is 23.2 Å². The minimum Gasteiger partial charge on any atom is -0.448 e. The second-order valence-corrected chi connectivity index (χ2v) is 9.74. The van der Waals surface area contributed by atoms with E-state index in [-0.39, 0.29) is 37.3 Å². The van der Waals surface area contributed by atoms with E-state index in [0.717, 1.165) is 40.0 Å². The fourth-order valence-electron chi connectivity index (χ4n) is 5.84. The van der Waals surface area contributed by atoms with Gasteiger partial charge < -0.3 is 9.47 Å². The van der Waals surface area contributed by atoms with Gasteiger partial charge in [0, 0.05) is 5.92 Å². The highest BCUT2D eigenvalue weighted by Crippen LogP contribution is 2.45. The molecule has 8 heteroatoms. The molecule has 0 N–H and O–H groups in total. The summed E-state index contributed by atoms with van der Waals surface area (Å²) in [7, 11) is 0. The van der Waals surface area contributed by atoms with Crippen molar-refractivity contribution in [3.8, 4) is 17.2 Å². The van der Waals surface area contributed by atoms with Crippen molar-refractivity contribution in [3.05, 3.63) is 101 Å². The largest absolute Gasteiger partial charge is 0.448 e. The van der Waals surface area contributed by atoms with Gasteiger partial charge in [0.1, 0.15) is 6.61 Å². The summed E-state index contributed by atoms with van der Waals surface area (Å²) in [5.74, 6) is -0.0660. The Morgan fingerprint density at radius 2 is 1.68 bits per heavy atom. The highest BCUT2D eigenvalue weighted by atomic mass is 19.4. The maximum absolute atomic E-state index is 13.4. The lowest BCUT2D eigenvalue weighted by atomic mass is 9.87. The zero-order valence-electron chi connectivity index (χ0n) is 20.2. The van der Waals surface area contributed by atoms with E-state index < -0.39 is 23.9 Å². The number of hydrogen-bond donors (Lipinski definition) is 0. The van der Waals surface area contributed by atoms with Crippen LogP contribution in [-0.4, -0.2) is 42.9 Å². The number of ether oxygens (including phenoxy) is 2. The van der Waals surface area contributed by atoms with Gasteiger partial charge >= 0.3 is 12.3 Å². The number of benzene rings is 3. The van der Waals surface area contributed by atoms with Crippen LogP contribution in [0.15, 0.2) is 72.8 Å². The minimum absolute atomic E-state index is 0.0420. The van der Waals surface area contributed by atoms with E-state index in [2.05, 4.69) is 24.3 Å². The number of fused-ring (bicyclic) bond motifs is 5. The maximum Gasteiger partial charge on any atom is 0.416 e. The van der Waals surface area contributed by atoms with Crippen LogP contribution in [-0.2, 0) is 15.7 Å². The van der Waals surface area contributed by atoms with Crippen molar-refractivity contribution >= 4 is 11.7 Å². The number of alkyl halides is 3. The Morgan fingerprint density at radius 1 is 1.00 bits per heavy atom. The standard InChI is InChI=1S/C30H23F3N2O3/c31-30(32,33)20-9-10-23(19(11-20)14-34)18-12-21-15-37-16-22(13-18)35(21)29(36)38-17-28-26-7-3-1-5-24(26)25-6-2-4-8-27(25)28/h1-12,21-22,28H,13,15-17H2.